The van der Waals surface area contributed by atoms with Gasteiger partial charge in [0.05, 0.1) is 16.3 Å². The van der Waals surface area contributed by atoms with Gasteiger partial charge in [0, 0.05) is 21.4 Å². The van der Waals surface area contributed by atoms with Crippen LogP contribution in [0, 0.1) is 12.7 Å². The number of benzene rings is 3. The van der Waals surface area contributed by atoms with E-state index in [1.165, 1.54) is 6.07 Å². The quantitative estimate of drug-likeness (QED) is 0.397. The van der Waals surface area contributed by atoms with E-state index in [1.54, 1.807) is 24.4 Å². The minimum absolute atomic E-state index is 0.198. The molecule has 29 heavy (non-hydrogen) atoms. The van der Waals surface area contributed by atoms with Crippen molar-refractivity contribution in [2.45, 2.75) is 30.1 Å². The van der Waals surface area contributed by atoms with E-state index in [9.17, 15) is 8.60 Å². The van der Waals surface area contributed by atoms with E-state index in [0.29, 0.717) is 21.5 Å². The lowest BCUT2D eigenvalue weighted by molar-refractivity contribution is 0.442. The van der Waals surface area contributed by atoms with Gasteiger partial charge in [-0.15, -0.1) is 0 Å². The Hall–Kier alpha value is -3.05. The molecule has 0 saturated carbocycles. The van der Waals surface area contributed by atoms with Gasteiger partial charge in [-0.05, 0) is 66.9 Å². The van der Waals surface area contributed by atoms with Crippen LogP contribution in [0.25, 0.3) is 10.9 Å². The van der Waals surface area contributed by atoms with Crippen molar-refractivity contribution in [3.8, 4) is 11.5 Å². The molecule has 1 aromatic heterocycles. The highest BCUT2D eigenvalue weighted by molar-refractivity contribution is 7.85. The van der Waals surface area contributed by atoms with Crippen LogP contribution in [0.5, 0.6) is 11.5 Å². The van der Waals surface area contributed by atoms with Crippen molar-refractivity contribution < 1.29 is 13.3 Å². The van der Waals surface area contributed by atoms with Gasteiger partial charge in [0.2, 0.25) is 0 Å². The van der Waals surface area contributed by atoms with Gasteiger partial charge in [-0.2, -0.15) is 0 Å². The number of hydrogen-bond donors (Lipinski definition) is 0. The van der Waals surface area contributed by atoms with Crippen LogP contribution in [0.4, 0.5) is 4.39 Å². The summed E-state index contributed by atoms with van der Waals surface area (Å²) in [5.41, 5.74) is 2.35. The molecule has 5 heteroatoms. The number of nitrogens with zero attached hydrogens (tertiary/aromatic N) is 1. The Morgan fingerprint density at radius 3 is 2.52 bits per heavy atom. The minimum atomic E-state index is -1.33. The Labute approximate surface area is 171 Å². The molecule has 1 heterocycles. The van der Waals surface area contributed by atoms with Gasteiger partial charge in [0.15, 0.2) is 11.6 Å². The third kappa shape index (κ3) is 3.91. The first-order chi connectivity index (χ1) is 14.1. The van der Waals surface area contributed by atoms with Crippen molar-refractivity contribution in [3.05, 3.63) is 89.9 Å². The number of halogens is 1. The van der Waals surface area contributed by atoms with Crippen molar-refractivity contribution in [2.24, 2.45) is 0 Å². The molecular formula is C24H20FNO2S. The first-order valence-corrected chi connectivity index (χ1v) is 10.5. The second-order valence-corrected chi connectivity index (χ2v) is 8.23. The van der Waals surface area contributed by atoms with Gasteiger partial charge in [0.1, 0.15) is 5.75 Å². The second kappa shape index (κ2) is 8.13. The second-order valence-electron chi connectivity index (χ2n) is 6.75. The van der Waals surface area contributed by atoms with E-state index < -0.39 is 16.6 Å². The molecule has 3 nitrogen and oxygen atoms in total. The first-order valence-electron chi connectivity index (χ1n) is 9.39. The Kier molecular flexibility index (Phi) is 5.41. The fourth-order valence-electron chi connectivity index (χ4n) is 3.23. The van der Waals surface area contributed by atoms with Gasteiger partial charge in [0.25, 0.3) is 0 Å². The highest BCUT2D eigenvalue weighted by atomic mass is 32.2. The predicted octanol–water partition coefficient (Wildman–Crippen LogP) is 6.20. The summed E-state index contributed by atoms with van der Waals surface area (Å²) in [6, 6.07) is 19.8. The number of aryl methyl sites for hydroxylation is 2. The van der Waals surface area contributed by atoms with Crippen LogP contribution in [-0.4, -0.2) is 9.19 Å². The minimum Gasteiger partial charge on any atom is -0.453 e. The van der Waals surface area contributed by atoms with Crippen LogP contribution in [0.15, 0.2) is 82.7 Å². The fraction of sp³-hybridized carbons (Fsp3) is 0.125. The normalized spacial score (nSPS) is 12.1. The van der Waals surface area contributed by atoms with E-state index in [1.807, 2.05) is 56.3 Å². The van der Waals surface area contributed by atoms with Crippen LogP contribution in [-0.2, 0) is 17.2 Å². The molecular weight excluding hydrogens is 385 g/mol. The van der Waals surface area contributed by atoms with E-state index in [4.69, 9.17) is 4.74 Å². The van der Waals surface area contributed by atoms with Gasteiger partial charge in [-0.25, -0.2) is 8.60 Å². The fourth-order valence-corrected chi connectivity index (χ4v) is 4.32. The van der Waals surface area contributed by atoms with Crippen molar-refractivity contribution in [3.63, 3.8) is 0 Å². The van der Waals surface area contributed by atoms with E-state index in [2.05, 4.69) is 4.98 Å². The summed E-state index contributed by atoms with van der Waals surface area (Å²) in [6.45, 7) is 3.82. The van der Waals surface area contributed by atoms with Crippen molar-refractivity contribution in [1.82, 2.24) is 4.98 Å². The molecule has 0 aliphatic carbocycles. The zero-order valence-corrected chi connectivity index (χ0v) is 17.0. The Morgan fingerprint density at radius 2 is 1.79 bits per heavy atom. The molecule has 4 rings (SSSR count). The molecule has 0 aliphatic rings. The van der Waals surface area contributed by atoms with Gasteiger partial charge in [-0.3, -0.25) is 4.98 Å². The highest BCUT2D eigenvalue weighted by Gasteiger charge is 2.14. The molecule has 0 aliphatic heterocycles. The summed E-state index contributed by atoms with van der Waals surface area (Å²) in [7, 11) is -1.33. The first kappa shape index (κ1) is 19.3. The summed E-state index contributed by atoms with van der Waals surface area (Å²) in [4.78, 5) is 5.71. The largest absolute Gasteiger partial charge is 0.453 e. The molecule has 146 valence electrons. The van der Waals surface area contributed by atoms with Crippen molar-refractivity contribution in [2.75, 3.05) is 0 Å². The zero-order chi connectivity index (χ0) is 20.4. The lowest BCUT2D eigenvalue weighted by Crippen LogP contribution is -1.97. The number of ether oxygens (including phenoxy) is 1. The van der Waals surface area contributed by atoms with E-state index in [-0.39, 0.29) is 5.75 Å². The van der Waals surface area contributed by atoms with E-state index in [0.717, 1.165) is 22.4 Å². The Balaban J connectivity index is 1.77. The lowest BCUT2D eigenvalue weighted by atomic mass is 10.1. The highest BCUT2D eigenvalue weighted by Crippen LogP contribution is 2.34. The van der Waals surface area contributed by atoms with Crippen molar-refractivity contribution >= 4 is 21.7 Å². The molecule has 0 spiro atoms. The molecule has 0 fully saturated rings. The molecule has 1 unspecified atom stereocenters. The standard InChI is InChI=1S/C24H20FNO2S/c1-3-17-13-16(2)24(21(25)14-17)28-23-11-12-26-22-10-9-19(15-20(22)23)29(27)18-7-5-4-6-8-18/h4-15H,3H2,1-2H3. The molecule has 0 radical (unpaired) electrons. The molecule has 0 N–H and O–H groups in total. The Bertz CT molecular complexity index is 1190. The summed E-state index contributed by atoms with van der Waals surface area (Å²) in [5.74, 6) is 0.285. The van der Waals surface area contributed by atoms with Gasteiger partial charge >= 0.3 is 0 Å². The smallest absolute Gasteiger partial charge is 0.166 e. The molecule has 1 atom stereocenters. The summed E-state index contributed by atoms with van der Waals surface area (Å²) >= 11 is 0. The average molecular weight is 405 g/mol. The van der Waals surface area contributed by atoms with Gasteiger partial charge in [-0.1, -0.05) is 31.2 Å². The van der Waals surface area contributed by atoms with Crippen LogP contribution in [0.3, 0.4) is 0 Å². The SMILES string of the molecule is CCc1cc(C)c(Oc2ccnc3ccc(S(=O)c4ccccc4)cc23)c(F)c1. The Morgan fingerprint density at radius 1 is 1.00 bits per heavy atom. The maximum absolute atomic E-state index is 14.6. The van der Waals surface area contributed by atoms with Crippen LogP contribution >= 0.6 is 0 Å². The van der Waals surface area contributed by atoms with Crippen LogP contribution in [0.1, 0.15) is 18.1 Å². The molecule has 0 amide bonds. The van der Waals surface area contributed by atoms with Crippen molar-refractivity contribution in [1.29, 1.82) is 0 Å². The number of aromatic nitrogens is 1. The summed E-state index contributed by atoms with van der Waals surface area (Å²) in [6.07, 6.45) is 2.38. The number of hydrogen-bond acceptors (Lipinski definition) is 3. The third-order valence-electron chi connectivity index (χ3n) is 4.75. The maximum atomic E-state index is 14.6. The monoisotopic (exact) mass is 405 g/mol. The number of rotatable bonds is 5. The topological polar surface area (TPSA) is 39.2 Å². The lowest BCUT2D eigenvalue weighted by Gasteiger charge is -2.13. The number of fused-ring (bicyclic) bond motifs is 1. The van der Waals surface area contributed by atoms with Gasteiger partial charge < -0.3 is 4.74 Å². The van der Waals surface area contributed by atoms with Crippen LogP contribution < -0.4 is 4.74 Å². The molecule has 4 aromatic rings. The molecule has 3 aromatic carbocycles. The van der Waals surface area contributed by atoms with Crippen LogP contribution in [0.2, 0.25) is 0 Å². The molecule has 0 bridgehead atoms. The maximum Gasteiger partial charge on any atom is 0.166 e. The third-order valence-corrected chi connectivity index (χ3v) is 6.14. The summed E-state index contributed by atoms with van der Waals surface area (Å²) in [5, 5.41) is 0.688. The predicted molar refractivity (Wildman–Crippen MR) is 113 cm³/mol. The molecule has 0 saturated heterocycles. The zero-order valence-electron chi connectivity index (χ0n) is 16.2. The number of pyridine rings is 1. The average Bonchev–Trinajstić information content (AvgIpc) is 2.76. The summed E-state index contributed by atoms with van der Waals surface area (Å²) < 4.78 is 33.5. The van der Waals surface area contributed by atoms with E-state index >= 15 is 0 Å².